The lowest BCUT2D eigenvalue weighted by Crippen LogP contribution is -1.96. The number of hydrogen-bond acceptors (Lipinski definition) is 2. The lowest BCUT2D eigenvalue weighted by Gasteiger charge is -2.09. The highest BCUT2D eigenvalue weighted by Crippen LogP contribution is 2.20. The maximum Gasteiger partial charge on any atom is 0.119 e. The fourth-order valence-electron chi connectivity index (χ4n) is 2.30. The normalized spacial score (nSPS) is 10.1. The van der Waals surface area contributed by atoms with E-state index in [9.17, 15) is 0 Å². The molecule has 23 heavy (non-hydrogen) atoms. The maximum absolute atomic E-state index is 5.83. The van der Waals surface area contributed by atoms with E-state index in [4.69, 9.17) is 4.74 Å². The molecule has 0 aliphatic rings. The van der Waals surface area contributed by atoms with Crippen LogP contribution in [-0.2, 0) is 6.61 Å². The van der Waals surface area contributed by atoms with Crippen LogP contribution < -0.4 is 10.1 Å². The van der Waals surface area contributed by atoms with Crippen molar-refractivity contribution in [2.24, 2.45) is 0 Å². The van der Waals surface area contributed by atoms with Crippen LogP contribution in [0, 0.1) is 0 Å². The van der Waals surface area contributed by atoms with Crippen LogP contribution in [0.25, 0.3) is 6.08 Å². The van der Waals surface area contributed by atoms with E-state index < -0.39 is 0 Å². The molecule has 114 valence electrons. The minimum absolute atomic E-state index is 0.549. The second-order valence-electron chi connectivity index (χ2n) is 5.25. The topological polar surface area (TPSA) is 21.3 Å². The summed E-state index contributed by atoms with van der Waals surface area (Å²) in [6.07, 6.45) is 1.84. The first-order valence-electron chi connectivity index (χ1n) is 7.60. The van der Waals surface area contributed by atoms with Gasteiger partial charge in [0.15, 0.2) is 0 Å². The number of hydrogen-bond donors (Lipinski definition) is 1. The average molecular weight is 301 g/mol. The third-order valence-corrected chi connectivity index (χ3v) is 3.51. The molecule has 2 nitrogen and oxygen atoms in total. The Morgan fingerprint density at radius 1 is 0.826 bits per heavy atom. The molecule has 0 fully saturated rings. The average Bonchev–Trinajstić information content (AvgIpc) is 2.62. The Balaban J connectivity index is 1.60. The van der Waals surface area contributed by atoms with Gasteiger partial charge in [-0.15, -0.1) is 0 Å². The second kappa shape index (κ2) is 7.32. The van der Waals surface area contributed by atoms with Crippen LogP contribution in [0.5, 0.6) is 5.75 Å². The molecular weight excluding hydrogens is 282 g/mol. The van der Waals surface area contributed by atoms with Crippen molar-refractivity contribution >= 4 is 17.5 Å². The predicted molar refractivity (Wildman–Crippen MR) is 97.0 cm³/mol. The molecule has 3 aromatic rings. The molecule has 0 aliphatic heterocycles. The first kappa shape index (κ1) is 14.9. The standard InChI is InChI=1S/C21H19NO/c1-2-17-7-6-8-18(15-17)16-23-21-13-11-20(12-14-21)22-19-9-4-3-5-10-19/h2-15,22H,1,16H2. The fourth-order valence-corrected chi connectivity index (χ4v) is 2.30. The Morgan fingerprint density at radius 3 is 2.30 bits per heavy atom. The summed E-state index contributed by atoms with van der Waals surface area (Å²) in [5, 5.41) is 3.35. The SMILES string of the molecule is C=Cc1cccc(COc2ccc(Nc3ccccc3)cc2)c1. The van der Waals surface area contributed by atoms with E-state index in [0.717, 1.165) is 28.3 Å². The molecule has 3 rings (SSSR count). The van der Waals surface area contributed by atoms with Crippen molar-refractivity contribution in [3.05, 3.63) is 96.6 Å². The van der Waals surface area contributed by atoms with Crippen LogP contribution in [-0.4, -0.2) is 0 Å². The third kappa shape index (κ3) is 4.24. The molecular formula is C21H19NO. The largest absolute Gasteiger partial charge is 0.489 e. The van der Waals surface area contributed by atoms with Gasteiger partial charge in [-0.2, -0.15) is 0 Å². The number of nitrogens with one attached hydrogen (secondary N) is 1. The van der Waals surface area contributed by atoms with Gasteiger partial charge in [0, 0.05) is 11.4 Å². The van der Waals surface area contributed by atoms with Crippen LogP contribution in [0.3, 0.4) is 0 Å². The van der Waals surface area contributed by atoms with Crippen molar-refractivity contribution in [3.8, 4) is 5.75 Å². The quantitative estimate of drug-likeness (QED) is 0.635. The van der Waals surface area contributed by atoms with Gasteiger partial charge in [-0.3, -0.25) is 0 Å². The molecule has 0 aromatic heterocycles. The van der Waals surface area contributed by atoms with Gasteiger partial charge in [-0.25, -0.2) is 0 Å². The van der Waals surface area contributed by atoms with Crippen LogP contribution >= 0.6 is 0 Å². The van der Waals surface area contributed by atoms with Gasteiger partial charge in [0.25, 0.3) is 0 Å². The van der Waals surface area contributed by atoms with Crippen molar-refractivity contribution in [2.45, 2.75) is 6.61 Å². The summed E-state index contributed by atoms with van der Waals surface area (Å²) in [5.74, 6) is 0.854. The Hall–Kier alpha value is -3.00. The van der Waals surface area contributed by atoms with Gasteiger partial charge < -0.3 is 10.1 Å². The Kier molecular flexibility index (Phi) is 4.75. The molecule has 2 heteroatoms. The maximum atomic E-state index is 5.83. The first-order valence-corrected chi connectivity index (χ1v) is 7.60. The number of anilines is 2. The smallest absolute Gasteiger partial charge is 0.119 e. The first-order chi connectivity index (χ1) is 11.3. The minimum atomic E-state index is 0.549. The summed E-state index contributed by atoms with van der Waals surface area (Å²) in [6.45, 7) is 4.34. The number of rotatable bonds is 6. The van der Waals surface area contributed by atoms with Gasteiger partial charge in [0.2, 0.25) is 0 Å². The fraction of sp³-hybridized carbons (Fsp3) is 0.0476. The zero-order chi connectivity index (χ0) is 15.9. The molecule has 3 aromatic carbocycles. The molecule has 0 spiro atoms. The van der Waals surface area contributed by atoms with Crippen molar-refractivity contribution in [2.75, 3.05) is 5.32 Å². The third-order valence-electron chi connectivity index (χ3n) is 3.51. The summed E-state index contributed by atoms with van der Waals surface area (Å²) in [4.78, 5) is 0. The molecule has 0 amide bonds. The Morgan fingerprint density at radius 2 is 1.57 bits per heavy atom. The van der Waals surface area contributed by atoms with Crippen LogP contribution in [0.15, 0.2) is 85.4 Å². The van der Waals surface area contributed by atoms with E-state index in [0.29, 0.717) is 6.61 Å². The zero-order valence-corrected chi connectivity index (χ0v) is 12.9. The van der Waals surface area contributed by atoms with E-state index in [1.807, 2.05) is 72.8 Å². The number of para-hydroxylation sites is 1. The van der Waals surface area contributed by atoms with E-state index >= 15 is 0 Å². The van der Waals surface area contributed by atoms with E-state index in [-0.39, 0.29) is 0 Å². The summed E-state index contributed by atoms with van der Waals surface area (Å²) in [5.41, 5.74) is 4.35. The lowest BCUT2D eigenvalue weighted by atomic mass is 10.1. The molecule has 0 radical (unpaired) electrons. The molecule has 0 saturated carbocycles. The van der Waals surface area contributed by atoms with Crippen LogP contribution in [0.4, 0.5) is 11.4 Å². The van der Waals surface area contributed by atoms with Crippen molar-refractivity contribution in [1.29, 1.82) is 0 Å². The van der Waals surface area contributed by atoms with Crippen molar-refractivity contribution in [1.82, 2.24) is 0 Å². The molecule has 0 heterocycles. The van der Waals surface area contributed by atoms with Gasteiger partial charge in [0.1, 0.15) is 12.4 Å². The summed E-state index contributed by atoms with van der Waals surface area (Å²) in [6, 6.07) is 26.3. The van der Waals surface area contributed by atoms with Crippen molar-refractivity contribution < 1.29 is 4.74 Å². The van der Waals surface area contributed by atoms with E-state index in [2.05, 4.69) is 24.0 Å². The summed E-state index contributed by atoms with van der Waals surface area (Å²) < 4.78 is 5.83. The highest BCUT2D eigenvalue weighted by Gasteiger charge is 1.98. The highest BCUT2D eigenvalue weighted by molar-refractivity contribution is 5.60. The van der Waals surface area contributed by atoms with Crippen molar-refractivity contribution in [3.63, 3.8) is 0 Å². The van der Waals surface area contributed by atoms with Gasteiger partial charge in [0.05, 0.1) is 0 Å². The summed E-state index contributed by atoms with van der Waals surface area (Å²) in [7, 11) is 0. The number of ether oxygens (including phenoxy) is 1. The number of benzene rings is 3. The monoisotopic (exact) mass is 301 g/mol. The van der Waals surface area contributed by atoms with Gasteiger partial charge >= 0.3 is 0 Å². The van der Waals surface area contributed by atoms with Crippen LogP contribution in [0.2, 0.25) is 0 Å². The van der Waals surface area contributed by atoms with Gasteiger partial charge in [-0.1, -0.05) is 49.1 Å². The van der Waals surface area contributed by atoms with Crippen LogP contribution in [0.1, 0.15) is 11.1 Å². The van der Waals surface area contributed by atoms with E-state index in [1.54, 1.807) is 0 Å². The molecule has 0 bridgehead atoms. The molecule has 0 unspecified atom stereocenters. The molecule has 0 aliphatic carbocycles. The predicted octanol–water partition coefficient (Wildman–Crippen LogP) is 5.65. The Bertz CT molecular complexity index is 763. The molecule has 1 N–H and O–H groups in total. The second-order valence-corrected chi connectivity index (χ2v) is 5.25. The molecule has 0 atom stereocenters. The van der Waals surface area contributed by atoms with Gasteiger partial charge in [-0.05, 0) is 53.6 Å². The summed E-state index contributed by atoms with van der Waals surface area (Å²) >= 11 is 0. The highest BCUT2D eigenvalue weighted by atomic mass is 16.5. The minimum Gasteiger partial charge on any atom is -0.489 e. The van der Waals surface area contributed by atoms with E-state index in [1.165, 1.54) is 0 Å². The zero-order valence-electron chi connectivity index (χ0n) is 12.9. The molecule has 0 saturated heterocycles. The lowest BCUT2D eigenvalue weighted by molar-refractivity contribution is 0.306. The Labute approximate surface area is 137 Å².